The van der Waals surface area contributed by atoms with Crippen molar-refractivity contribution >= 4 is 17.1 Å². The van der Waals surface area contributed by atoms with Crippen molar-refractivity contribution in [3.63, 3.8) is 0 Å². The molecule has 0 saturated carbocycles. The molecule has 0 spiro atoms. The molecular formula is C19H20FN5O4. The number of carboxylic acid groups (broad SMARTS) is 1. The van der Waals surface area contributed by atoms with Crippen molar-refractivity contribution in [2.24, 2.45) is 0 Å². The summed E-state index contributed by atoms with van der Waals surface area (Å²) in [5, 5.41) is 14.1. The number of carbonyl (C=O) groups is 1. The van der Waals surface area contributed by atoms with Gasteiger partial charge in [0.25, 0.3) is 0 Å². The highest BCUT2D eigenvalue weighted by atomic mass is 19.1. The predicted molar refractivity (Wildman–Crippen MR) is 101 cm³/mol. The van der Waals surface area contributed by atoms with Crippen molar-refractivity contribution < 1.29 is 23.8 Å². The molecule has 10 heteroatoms. The van der Waals surface area contributed by atoms with Crippen LogP contribution in [0.3, 0.4) is 0 Å². The molecule has 1 aromatic carbocycles. The number of halogens is 1. The van der Waals surface area contributed by atoms with Gasteiger partial charge in [-0.3, -0.25) is 0 Å². The third kappa shape index (κ3) is 3.78. The number of likely N-dealkylation sites (tertiary alicyclic amines) is 1. The summed E-state index contributed by atoms with van der Waals surface area (Å²) in [6.45, 7) is 3.14. The molecule has 29 heavy (non-hydrogen) atoms. The quantitative estimate of drug-likeness (QED) is 0.698. The van der Waals surface area contributed by atoms with Crippen molar-refractivity contribution in [2.75, 3.05) is 19.7 Å². The highest BCUT2D eigenvalue weighted by Crippen LogP contribution is 2.32. The second kappa shape index (κ2) is 7.90. The van der Waals surface area contributed by atoms with Gasteiger partial charge in [-0.2, -0.15) is 5.10 Å². The van der Waals surface area contributed by atoms with Gasteiger partial charge in [0.05, 0.1) is 18.8 Å². The molecule has 0 aliphatic carbocycles. The van der Waals surface area contributed by atoms with Gasteiger partial charge in [0.15, 0.2) is 17.2 Å². The number of rotatable bonds is 5. The minimum atomic E-state index is -0.913. The Labute approximate surface area is 165 Å². The van der Waals surface area contributed by atoms with Crippen molar-refractivity contribution in [1.29, 1.82) is 0 Å². The van der Waals surface area contributed by atoms with E-state index in [-0.39, 0.29) is 17.7 Å². The Morgan fingerprint density at radius 2 is 2.10 bits per heavy atom. The molecule has 1 N–H and O–H groups in total. The number of amides is 1. The number of nitrogens with zero attached hydrogens (tertiary/aromatic N) is 5. The first kappa shape index (κ1) is 18.9. The van der Waals surface area contributed by atoms with E-state index in [0.29, 0.717) is 49.3 Å². The molecular weight excluding hydrogens is 381 g/mol. The van der Waals surface area contributed by atoms with Crippen LogP contribution >= 0.6 is 0 Å². The fourth-order valence-corrected chi connectivity index (χ4v) is 3.42. The molecule has 152 valence electrons. The van der Waals surface area contributed by atoms with E-state index in [1.807, 2.05) is 6.92 Å². The van der Waals surface area contributed by atoms with E-state index in [4.69, 9.17) is 14.6 Å². The van der Waals surface area contributed by atoms with Gasteiger partial charge in [0.1, 0.15) is 17.5 Å². The zero-order chi connectivity index (χ0) is 20.4. The molecule has 0 bridgehead atoms. The molecule has 1 fully saturated rings. The van der Waals surface area contributed by atoms with Crippen molar-refractivity contribution in [3.05, 3.63) is 36.5 Å². The van der Waals surface area contributed by atoms with Gasteiger partial charge in [0, 0.05) is 19.2 Å². The molecule has 2 aromatic heterocycles. The van der Waals surface area contributed by atoms with E-state index in [0.717, 1.165) is 0 Å². The Morgan fingerprint density at radius 3 is 2.79 bits per heavy atom. The largest absolute Gasteiger partial charge is 0.494 e. The van der Waals surface area contributed by atoms with Crippen LogP contribution in [-0.4, -0.2) is 55.5 Å². The standard InChI is InChI=1S/C19H20FN5O4/c1-2-28-13-3-4-16(15(20)9-13)29-18-14-10-23-25(17(14)21-11-22-18)12-5-7-24(8-6-12)19(26)27/h3-4,9-12H,2,5-8H2,1H3,(H,26,27). The molecule has 4 rings (SSSR count). The first-order valence-electron chi connectivity index (χ1n) is 9.33. The van der Waals surface area contributed by atoms with Gasteiger partial charge < -0.3 is 19.5 Å². The Bertz CT molecular complexity index is 1030. The summed E-state index contributed by atoms with van der Waals surface area (Å²) in [7, 11) is 0. The number of benzene rings is 1. The van der Waals surface area contributed by atoms with E-state index >= 15 is 0 Å². The zero-order valence-electron chi connectivity index (χ0n) is 15.8. The minimum Gasteiger partial charge on any atom is -0.494 e. The van der Waals surface area contributed by atoms with Crippen LogP contribution in [0.15, 0.2) is 30.7 Å². The molecule has 0 radical (unpaired) electrons. The number of hydrogen-bond donors (Lipinski definition) is 1. The molecule has 3 heterocycles. The van der Waals surface area contributed by atoms with E-state index in [9.17, 15) is 9.18 Å². The Hall–Kier alpha value is -3.43. The summed E-state index contributed by atoms with van der Waals surface area (Å²) in [6, 6.07) is 4.39. The Kier molecular flexibility index (Phi) is 5.15. The minimum absolute atomic E-state index is 0.0214. The van der Waals surface area contributed by atoms with Crippen molar-refractivity contribution in [3.8, 4) is 17.4 Å². The maximum absolute atomic E-state index is 14.3. The van der Waals surface area contributed by atoms with Gasteiger partial charge >= 0.3 is 6.09 Å². The second-order valence-corrected chi connectivity index (χ2v) is 6.63. The monoisotopic (exact) mass is 401 g/mol. The first-order chi connectivity index (χ1) is 14.1. The van der Waals surface area contributed by atoms with Crippen LogP contribution in [0.5, 0.6) is 17.4 Å². The molecule has 3 aromatic rings. The summed E-state index contributed by atoms with van der Waals surface area (Å²) in [6.07, 6.45) is 3.28. The normalized spacial score (nSPS) is 14.9. The van der Waals surface area contributed by atoms with Crippen LogP contribution in [0.1, 0.15) is 25.8 Å². The van der Waals surface area contributed by atoms with Crippen molar-refractivity contribution in [1.82, 2.24) is 24.6 Å². The molecule has 1 amide bonds. The first-order valence-corrected chi connectivity index (χ1v) is 9.33. The van der Waals surface area contributed by atoms with Gasteiger partial charge in [-0.05, 0) is 31.9 Å². The number of fused-ring (bicyclic) bond motifs is 1. The van der Waals surface area contributed by atoms with Crippen LogP contribution in [0, 0.1) is 5.82 Å². The molecule has 0 atom stereocenters. The van der Waals surface area contributed by atoms with Crippen LogP contribution < -0.4 is 9.47 Å². The Balaban J connectivity index is 1.57. The van der Waals surface area contributed by atoms with Crippen LogP contribution in [0.4, 0.5) is 9.18 Å². The highest BCUT2D eigenvalue weighted by molar-refractivity contribution is 5.80. The summed E-state index contributed by atoms with van der Waals surface area (Å²) < 4.78 is 27.1. The number of ether oxygens (including phenoxy) is 2. The second-order valence-electron chi connectivity index (χ2n) is 6.63. The average Bonchev–Trinajstić information content (AvgIpc) is 3.15. The summed E-state index contributed by atoms with van der Waals surface area (Å²) in [5.41, 5.74) is 0.565. The lowest BCUT2D eigenvalue weighted by atomic mass is 10.1. The third-order valence-electron chi connectivity index (χ3n) is 4.86. The maximum atomic E-state index is 14.3. The number of aromatic nitrogens is 4. The molecule has 1 aliphatic heterocycles. The van der Waals surface area contributed by atoms with Crippen molar-refractivity contribution in [2.45, 2.75) is 25.8 Å². The maximum Gasteiger partial charge on any atom is 0.407 e. The van der Waals surface area contributed by atoms with Crippen LogP contribution in [0.25, 0.3) is 11.0 Å². The number of piperidine rings is 1. The van der Waals surface area contributed by atoms with E-state index < -0.39 is 11.9 Å². The molecule has 9 nitrogen and oxygen atoms in total. The SMILES string of the molecule is CCOc1ccc(Oc2ncnc3c2cnn3C2CCN(C(=O)O)CC2)c(F)c1. The fraction of sp³-hybridized carbons (Fsp3) is 0.368. The highest BCUT2D eigenvalue weighted by Gasteiger charge is 2.26. The molecule has 0 unspecified atom stereocenters. The van der Waals surface area contributed by atoms with Crippen LogP contribution in [0.2, 0.25) is 0 Å². The van der Waals surface area contributed by atoms with Gasteiger partial charge in [-0.25, -0.2) is 23.8 Å². The van der Waals surface area contributed by atoms with E-state index in [1.165, 1.54) is 23.4 Å². The lowest BCUT2D eigenvalue weighted by Gasteiger charge is -2.30. The summed E-state index contributed by atoms with van der Waals surface area (Å²) in [4.78, 5) is 20.9. The van der Waals surface area contributed by atoms with E-state index in [2.05, 4.69) is 15.1 Å². The smallest absolute Gasteiger partial charge is 0.407 e. The Morgan fingerprint density at radius 1 is 1.31 bits per heavy atom. The third-order valence-corrected chi connectivity index (χ3v) is 4.86. The fourth-order valence-electron chi connectivity index (χ4n) is 3.42. The summed E-state index contributed by atoms with van der Waals surface area (Å²) >= 11 is 0. The number of hydrogen-bond acceptors (Lipinski definition) is 6. The van der Waals surface area contributed by atoms with Gasteiger partial charge in [0.2, 0.25) is 5.88 Å². The van der Waals surface area contributed by atoms with Gasteiger partial charge in [-0.1, -0.05) is 0 Å². The average molecular weight is 401 g/mol. The zero-order valence-corrected chi connectivity index (χ0v) is 15.8. The lowest BCUT2D eigenvalue weighted by Crippen LogP contribution is -2.38. The molecule has 1 aliphatic rings. The molecule has 1 saturated heterocycles. The predicted octanol–water partition coefficient (Wildman–Crippen LogP) is 3.47. The topological polar surface area (TPSA) is 103 Å². The lowest BCUT2D eigenvalue weighted by molar-refractivity contribution is 0.124. The van der Waals surface area contributed by atoms with Gasteiger partial charge in [-0.15, -0.1) is 0 Å². The van der Waals surface area contributed by atoms with E-state index in [1.54, 1.807) is 16.9 Å². The van der Waals surface area contributed by atoms with Crippen LogP contribution in [-0.2, 0) is 0 Å². The summed E-state index contributed by atoms with van der Waals surface area (Å²) in [5.74, 6) is 0.0881.